The number of hydrogen-bond acceptors (Lipinski definition) is 7. The van der Waals surface area contributed by atoms with E-state index in [1.54, 1.807) is 0 Å². The van der Waals surface area contributed by atoms with Crippen molar-refractivity contribution >= 4 is 15.8 Å². The molecule has 7 nitrogen and oxygen atoms in total. The van der Waals surface area contributed by atoms with Gasteiger partial charge in [0.15, 0.2) is 9.84 Å². The van der Waals surface area contributed by atoms with Crippen LogP contribution in [0.25, 0.3) is 0 Å². The van der Waals surface area contributed by atoms with Crippen molar-refractivity contribution in [1.82, 2.24) is 10.9 Å². The third-order valence-corrected chi connectivity index (χ3v) is 8.09. The Bertz CT molecular complexity index is 884. The Labute approximate surface area is 177 Å². The van der Waals surface area contributed by atoms with E-state index in [-0.39, 0.29) is 30.7 Å². The zero-order valence-electron chi connectivity index (χ0n) is 16.5. The van der Waals surface area contributed by atoms with Gasteiger partial charge in [-0.25, -0.2) is 12.8 Å². The molecule has 31 heavy (non-hydrogen) atoms. The van der Waals surface area contributed by atoms with Crippen LogP contribution in [0.15, 0.2) is 29.2 Å². The van der Waals surface area contributed by atoms with Crippen molar-refractivity contribution in [3.05, 3.63) is 30.1 Å². The summed E-state index contributed by atoms with van der Waals surface area (Å²) in [6, 6.07) is 4.58. The SMILES string of the molecule is O=C(O[C@H](CO)C(F)(F)F)C1CCC2(CC1)CC(S(=O)(=O)c1ccc(F)cc1)CNN2. The van der Waals surface area contributed by atoms with E-state index in [4.69, 9.17) is 5.11 Å². The molecule has 12 heteroatoms. The number of halogens is 4. The van der Waals surface area contributed by atoms with E-state index in [9.17, 15) is 30.8 Å². The highest BCUT2D eigenvalue weighted by atomic mass is 32.2. The molecule has 1 saturated carbocycles. The van der Waals surface area contributed by atoms with Crippen molar-refractivity contribution < 1.29 is 40.6 Å². The van der Waals surface area contributed by atoms with Crippen LogP contribution in [0, 0.1) is 11.7 Å². The molecule has 1 unspecified atom stereocenters. The lowest BCUT2D eigenvalue weighted by Gasteiger charge is -2.45. The highest BCUT2D eigenvalue weighted by Crippen LogP contribution is 2.39. The highest BCUT2D eigenvalue weighted by Gasteiger charge is 2.47. The maximum Gasteiger partial charge on any atom is 0.427 e. The summed E-state index contributed by atoms with van der Waals surface area (Å²) >= 11 is 0. The molecule has 1 heterocycles. The Morgan fingerprint density at radius 3 is 2.39 bits per heavy atom. The van der Waals surface area contributed by atoms with Crippen LogP contribution >= 0.6 is 0 Å². The first kappa shape index (κ1) is 23.9. The predicted octanol–water partition coefficient (Wildman–Crippen LogP) is 1.86. The van der Waals surface area contributed by atoms with Crippen LogP contribution in [0.3, 0.4) is 0 Å². The highest BCUT2D eigenvalue weighted by molar-refractivity contribution is 7.92. The minimum absolute atomic E-state index is 0.0113. The molecule has 3 N–H and O–H groups in total. The van der Waals surface area contributed by atoms with E-state index in [2.05, 4.69) is 15.6 Å². The number of aliphatic hydroxyl groups excluding tert-OH is 1. The third kappa shape index (κ3) is 5.36. The van der Waals surface area contributed by atoms with Crippen molar-refractivity contribution in [2.75, 3.05) is 13.2 Å². The number of aliphatic hydroxyl groups is 1. The number of benzene rings is 1. The summed E-state index contributed by atoms with van der Waals surface area (Å²) in [5.74, 6) is -2.33. The van der Waals surface area contributed by atoms with Gasteiger partial charge >= 0.3 is 12.1 Å². The molecule has 2 aliphatic rings. The number of esters is 1. The summed E-state index contributed by atoms with van der Waals surface area (Å²) in [4.78, 5) is 12.1. The van der Waals surface area contributed by atoms with E-state index in [1.807, 2.05) is 0 Å². The Morgan fingerprint density at radius 1 is 1.23 bits per heavy atom. The van der Waals surface area contributed by atoms with Crippen LogP contribution in [0.2, 0.25) is 0 Å². The minimum atomic E-state index is -4.85. The number of hydrogen-bond donors (Lipinski definition) is 3. The first-order valence-corrected chi connectivity index (χ1v) is 11.4. The van der Waals surface area contributed by atoms with Gasteiger partial charge < -0.3 is 9.84 Å². The lowest BCUT2D eigenvalue weighted by molar-refractivity contribution is -0.231. The molecule has 0 amide bonds. The molecule has 1 saturated heterocycles. The van der Waals surface area contributed by atoms with E-state index in [0.717, 1.165) is 12.1 Å². The Morgan fingerprint density at radius 2 is 1.84 bits per heavy atom. The van der Waals surface area contributed by atoms with Gasteiger partial charge in [-0.1, -0.05) is 0 Å². The summed E-state index contributed by atoms with van der Waals surface area (Å²) in [5, 5.41) is 8.04. The Kier molecular flexibility index (Phi) is 6.94. The zero-order valence-corrected chi connectivity index (χ0v) is 17.3. The van der Waals surface area contributed by atoms with Gasteiger partial charge in [0.2, 0.25) is 6.10 Å². The second kappa shape index (κ2) is 9.00. The zero-order chi connectivity index (χ0) is 22.9. The van der Waals surface area contributed by atoms with E-state index >= 15 is 0 Å². The summed E-state index contributed by atoms with van der Waals surface area (Å²) in [6.07, 6.45) is -6.04. The van der Waals surface area contributed by atoms with Crippen LogP contribution in [0.1, 0.15) is 32.1 Å². The molecule has 0 bridgehead atoms. The molecule has 1 aromatic carbocycles. The molecule has 3 rings (SSSR count). The normalized spacial score (nSPS) is 28.3. The van der Waals surface area contributed by atoms with Crippen LogP contribution in [-0.2, 0) is 19.4 Å². The number of alkyl halides is 3. The number of carbonyl (C=O) groups is 1. The Balaban J connectivity index is 1.63. The average Bonchev–Trinajstić information content (AvgIpc) is 2.72. The van der Waals surface area contributed by atoms with Gasteiger partial charge in [0.25, 0.3) is 0 Å². The molecule has 0 radical (unpaired) electrons. The molecule has 1 spiro atoms. The van der Waals surface area contributed by atoms with Crippen LogP contribution in [0.4, 0.5) is 17.6 Å². The van der Waals surface area contributed by atoms with Crippen molar-refractivity contribution in [2.24, 2.45) is 5.92 Å². The Hall–Kier alpha value is -1.76. The fourth-order valence-corrected chi connectivity index (χ4v) is 5.87. The van der Waals surface area contributed by atoms with E-state index in [1.165, 1.54) is 12.1 Å². The summed E-state index contributed by atoms with van der Waals surface area (Å²) in [6.45, 7) is -1.21. The predicted molar refractivity (Wildman–Crippen MR) is 101 cm³/mol. The first-order valence-electron chi connectivity index (χ1n) is 9.84. The van der Waals surface area contributed by atoms with E-state index in [0.29, 0.717) is 12.8 Å². The number of ether oxygens (including phenoxy) is 1. The minimum Gasteiger partial charge on any atom is -0.450 e. The topological polar surface area (TPSA) is 105 Å². The van der Waals surface area contributed by atoms with Gasteiger partial charge in [-0.2, -0.15) is 13.2 Å². The maximum absolute atomic E-state index is 13.1. The molecule has 0 aromatic heterocycles. The van der Waals surface area contributed by atoms with Gasteiger partial charge in [0.1, 0.15) is 5.82 Å². The average molecular weight is 468 g/mol. The fourth-order valence-electron chi connectivity index (χ4n) is 4.13. The van der Waals surface area contributed by atoms with Gasteiger partial charge in [-0.3, -0.25) is 15.6 Å². The summed E-state index contributed by atoms with van der Waals surface area (Å²) in [7, 11) is -3.73. The first-order chi connectivity index (χ1) is 14.5. The maximum atomic E-state index is 13.1. The summed E-state index contributed by atoms with van der Waals surface area (Å²) in [5.41, 5.74) is 5.33. The molecular weight excluding hydrogens is 444 g/mol. The second-order valence-electron chi connectivity index (χ2n) is 8.04. The molecule has 1 aromatic rings. The van der Waals surface area contributed by atoms with Crippen molar-refractivity contribution in [3.63, 3.8) is 0 Å². The largest absolute Gasteiger partial charge is 0.450 e. The second-order valence-corrected chi connectivity index (χ2v) is 10.3. The molecule has 1 aliphatic carbocycles. The smallest absolute Gasteiger partial charge is 0.427 e. The van der Waals surface area contributed by atoms with Gasteiger partial charge in [0, 0.05) is 12.1 Å². The van der Waals surface area contributed by atoms with E-state index < -0.39 is 57.2 Å². The van der Waals surface area contributed by atoms with Gasteiger partial charge in [-0.05, 0) is 56.4 Å². The molecule has 174 valence electrons. The number of hydrazine groups is 1. The number of sulfone groups is 1. The number of nitrogens with one attached hydrogen (secondary N) is 2. The fraction of sp³-hybridized carbons (Fsp3) is 0.632. The van der Waals surface area contributed by atoms with Crippen LogP contribution in [-0.4, -0.2) is 55.7 Å². The lowest BCUT2D eigenvalue weighted by Crippen LogP contribution is -2.63. The number of carbonyl (C=O) groups excluding carboxylic acids is 1. The van der Waals surface area contributed by atoms with Crippen LogP contribution < -0.4 is 10.9 Å². The molecule has 2 atom stereocenters. The quantitative estimate of drug-likeness (QED) is 0.344. The van der Waals surface area contributed by atoms with Gasteiger partial charge in [-0.15, -0.1) is 0 Å². The lowest BCUT2D eigenvalue weighted by atomic mass is 9.74. The van der Waals surface area contributed by atoms with Gasteiger partial charge in [0.05, 0.1) is 22.7 Å². The molecule has 1 aliphatic heterocycles. The monoisotopic (exact) mass is 468 g/mol. The van der Waals surface area contributed by atoms with Crippen molar-refractivity contribution in [1.29, 1.82) is 0 Å². The number of rotatable bonds is 5. The standard InChI is InChI=1S/C19H24F4N2O5S/c20-13-1-3-14(4-2-13)31(28,29)15-9-18(25-24-10-15)7-5-12(6-8-18)17(27)30-16(11-26)19(21,22)23/h1-4,12,15-16,24-26H,5-11H2/t12?,15?,16-,18?/m1/s1. The van der Waals surface area contributed by atoms with Crippen LogP contribution in [0.5, 0.6) is 0 Å². The third-order valence-electron chi connectivity index (χ3n) is 5.95. The molecular formula is C19H24F4N2O5S. The summed E-state index contributed by atoms with van der Waals surface area (Å²) < 4.78 is 81.6. The van der Waals surface area contributed by atoms with Crippen molar-refractivity contribution in [2.45, 2.75) is 60.1 Å². The molecule has 2 fully saturated rings. The van der Waals surface area contributed by atoms with Crippen molar-refractivity contribution in [3.8, 4) is 0 Å².